The van der Waals surface area contributed by atoms with Gasteiger partial charge in [-0.2, -0.15) is 0 Å². The maximum atomic E-state index is 12.3. The monoisotopic (exact) mass is 631 g/mol. The fourth-order valence-electron chi connectivity index (χ4n) is 4.99. The zero-order valence-electron chi connectivity index (χ0n) is 27.0. The predicted molar refractivity (Wildman–Crippen MR) is 164 cm³/mol. The number of hydrogen-bond acceptors (Lipinski definition) is 10. The lowest BCUT2D eigenvalue weighted by Crippen LogP contribution is -2.53. The number of nitrogens with zero attached hydrogens (tertiary/aromatic N) is 3. The maximum Gasteiger partial charge on any atom is 0.411 e. The molecule has 0 spiro atoms. The van der Waals surface area contributed by atoms with Gasteiger partial charge in [-0.25, -0.2) is 19.2 Å². The number of fused-ring (bicyclic) bond motifs is 1. The highest BCUT2D eigenvalue weighted by atomic mass is 16.6. The fourth-order valence-corrected chi connectivity index (χ4v) is 4.99. The molecule has 2 aliphatic heterocycles. The van der Waals surface area contributed by atoms with Gasteiger partial charge in [0.2, 0.25) is 0 Å². The summed E-state index contributed by atoms with van der Waals surface area (Å²) < 4.78 is 21.2. The van der Waals surface area contributed by atoms with Gasteiger partial charge >= 0.3 is 24.1 Å². The van der Waals surface area contributed by atoms with E-state index in [0.29, 0.717) is 18.6 Å². The summed E-state index contributed by atoms with van der Waals surface area (Å²) in [6.07, 6.45) is 2.83. The molecule has 13 nitrogen and oxygen atoms in total. The molecule has 0 unspecified atom stereocenters. The quantitative estimate of drug-likeness (QED) is 0.363. The van der Waals surface area contributed by atoms with Crippen LogP contribution in [-0.2, 0) is 23.8 Å². The first kappa shape index (κ1) is 35.4. The summed E-state index contributed by atoms with van der Waals surface area (Å²) in [6.45, 7) is 11.1. The number of aromatic nitrogens is 1. The normalized spacial score (nSPS) is 22.0. The summed E-state index contributed by atoms with van der Waals surface area (Å²) in [6, 6.07) is 5.83. The van der Waals surface area contributed by atoms with Crippen molar-refractivity contribution in [1.29, 1.82) is 0 Å². The first-order valence-corrected chi connectivity index (χ1v) is 15.0. The summed E-state index contributed by atoms with van der Waals surface area (Å²) >= 11 is 0. The van der Waals surface area contributed by atoms with E-state index in [2.05, 4.69) is 9.72 Å². The number of methoxy groups -OCH3 is 1. The number of pyridine rings is 1. The van der Waals surface area contributed by atoms with Gasteiger partial charge in [0, 0.05) is 50.1 Å². The molecule has 4 rings (SSSR count). The standard InChI is InChI=1S/C20H24N2O5.C12H21NO5/c1-20(2,3)27-19(25)22-9-7-16(11-17(22)18(23)24)26-15-5-4-14-12-21-8-6-13(14)10-15;1-12(2,3)18-11(16)13-6-5-8(14)7-9(13)10(15)17-4/h4-6,8,10,12,16-17H,7,9,11H2,1-3H3,(H,23,24);8-9,14H,5-7H2,1-4H3/t16-,17-;8-,9+/m01/s1. The Bertz CT molecular complexity index is 1350. The van der Waals surface area contributed by atoms with Gasteiger partial charge in [-0.3, -0.25) is 14.8 Å². The van der Waals surface area contributed by atoms with Crippen molar-refractivity contribution in [3.8, 4) is 5.75 Å². The lowest BCUT2D eigenvalue weighted by Gasteiger charge is -2.37. The number of carbonyl (C=O) groups is 4. The first-order valence-electron chi connectivity index (χ1n) is 15.0. The van der Waals surface area contributed by atoms with Crippen molar-refractivity contribution in [2.75, 3.05) is 20.2 Å². The van der Waals surface area contributed by atoms with Gasteiger partial charge in [-0.1, -0.05) is 0 Å². The minimum Gasteiger partial charge on any atom is -0.490 e. The number of ether oxygens (including phenoxy) is 4. The molecule has 2 aliphatic rings. The Morgan fingerprint density at radius 3 is 2.02 bits per heavy atom. The highest BCUT2D eigenvalue weighted by Gasteiger charge is 2.40. The number of rotatable bonds is 4. The van der Waals surface area contributed by atoms with Crippen LogP contribution >= 0.6 is 0 Å². The van der Waals surface area contributed by atoms with Crippen molar-refractivity contribution in [2.45, 2.75) is 103 Å². The molecule has 248 valence electrons. The van der Waals surface area contributed by atoms with Gasteiger partial charge in [-0.15, -0.1) is 0 Å². The van der Waals surface area contributed by atoms with Gasteiger partial charge < -0.3 is 29.2 Å². The SMILES string of the molecule is CC(C)(C)OC(=O)N1CC[C@H](Oc2ccc3cnccc3c2)C[C@H]1C(=O)O.COC(=O)[C@@H]1C[C@H](O)CCN1C(=O)OC(C)(C)C. The molecule has 0 bridgehead atoms. The van der Waals surface area contributed by atoms with Crippen molar-refractivity contribution in [2.24, 2.45) is 0 Å². The first-order chi connectivity index (χ1) is 21.0. The predicted octanol–water partition coefficient (Wildman–Crippen LogP) is 4.39. The van der Waals surface area contributed by atoms with Crippen LogP contribution in [0.15, 0.2) is 36.7 Å². The molecule has 1 aromatic carbocycles. The number of esters is 1. The molecular formula is C32H45N3O10. The molecule has 0 aliphatic carbocycles. The van der Waals surface area contributed by atoms with E-state index in [1.807, 2.05) is 24.3 Å². The van der Waals surface area contributed by atoms with Crippen LogP contribution in [0.5, 0.6) is 5.75 Å². The molecule has 2 saturated heterocycles. The molecule has 0 saturated carbocycles. The zero-order chi connectivity index (χ0) is 33.5. The van der Waals surface area contributed by atoms with Gasteiger partial charge in [0.25, 0.3) is 0 Å². The van der Waals surface area contributed by atoms with Crippen LogP contribution in [0.1, 0.15) is 67.2 Å². The van der Waals surface area contributed by atoms with E-state index in [9.17, 15) is 29.4 Å². The lowest BCUT2D eigenvalue weighted by atomic mass is 9.99. The zero-order valence-corrected chi connectivity index (χ0v) is 27.0. The van der Waals surface area contributed by atoms with Crippen molar-refractivity contribution in [3.05, 3.63) is 36.7 Å². The second-order valence-corrected chi connectivity index (χ2v) is 13.1. The van der Waals surface area contributed by atoms with E-state index in [4.69, 9.17) is 14.2 Å². The third-order valence-corrected chi connectivity index (χ3v) is 7.06. The van der Waals surface area contributed by atoms with Crippen LogP contribution in [0.25, 0.3) is 10.8 Å². The lowest BCUT2D eigenvalue weighted by molar-refractivity contribution is -0.150. The number of hydrogen-bond donors (Lipinski definition) is 2. The van der Waals surface area contributed by atoms with Crippen LogP contribution in [0.4, 0.5) is 9.59 Å². The Hall–Kier alpha value is -4.13. The number of aliphatic carboxylic acids is 1. The molecule has 2 N–H and O–H groups in total. The number of benzene rings is 1. The molecule has 0 radical (unpaired) electrons. The number of carboxylic acid groups (broad SMARTS) is 1. The van der Waals surface area contributed by atoms with Gasteiger partial charge in [0.1, 0.15) is 35.1 Å². The Kier molecular flexibility index (Phi) is 11.6. The van der Waals surface area contributed by atoms with Crippen molar-refractivity contribution in [3.63, 3.8) is 0 Å². The Balaban J connectivity index is 0.000000268. The number of aliphatic hydroxyl groups is 1. The van der Waals surface area contributed by atoms with Crippen molar-refractivity contribution in [1.82, 2.24) is 14.8 Å². The highest BCUT2D eigenvalue weighted by Crippen LogP contribution is 2.27. The Morgan fingerprint density at radius 2 is 1.44 bits per heavy atom. The summed E-state index contributed by atoms with van der Waals surface area (Å²) in [4.78, 5) is 54.3. The maximum absolute atomic E-state index is 12.3. The van der Waals surface area contributed by atoms with Crippen LogP contribution in [0.3, 0.4) is 0 Å². The van der Waals surface area contributed by atoms with Gasteiger partial charge in [0.15, 0.2) is 0 Å². The molecule has 3 heterocycles. The van der Waals surface area contributed by atoms with Gasteiger partial charge in [-0.05, 0) is 77.6 Å². The average Bonchev–Trinajstić information content (AvgIpc) is 2.95. The van der Waals surface area contributed by atoms with E-state index in [0.717, 1.165) is 10.8 Å². The van der Waals surface area contributed by atoms with E-state index in [1.165, 1.54) is 16.9 Å². The van der Waals surface area contributed by atoms with E-state index < -0.39 is 53.5 Å². The molecular weight excluding hydrogens is 586 g/mol. The number of carbonyl (C=O) groups excluding carboxylic acids is 3. The summed E-state index contributed by atoms with van der Waals surface area (Å²) in [5, 5.41) is 21.1. The Morgan fingerprint density at radius 1 is 0.844 bits per heavy atom. The second-order valence-electron chi connectivity index (χ2n) is 13.1. The smallest absolute Gasteiger partial charge is 0.411 e. The molecule has 4 atom stereocenters. The third kappa shape index (κ3) is 10.5. The van der Waals surface area contributed by atoms with E-state index >= 15 is 0 Å². The highest BCUT2D eigenvalue weighted by molar-refractivity contribution is 5.83. The number of aliphatic hydroxyl groups excluding tert-OH is 1. The van der Waals surface area contributed by atoms with E-state index in [1.54, 1.807) is 53.9 Å². The van der Waals surface area contributed by atoms with Crippen LogP contribution in [0, 0.1) is 0 Å². The Labute approximate surface area is 263 Å². The summed E-state index contributed by atoms with van der Waals surface area (Å²) in [5.41, 5.74) is -1.29. The number of carboxylic acids is 1. The molecule has 2 amide bonds. The second kappa shape index (κ2) is 14.8. The minimum atomic E-state index is -1.06. The molecule has 13 heteroatoms. The van der Waals surface area contributed by atoms with Crippen molar-refractivity contribution >= 4 is 34.9 Å². The fraction of sp³-hybridized carbons (Fsp3) is 0.594. The van der Waals surface area contributed by atoms with Crippen LogP contribution in [0.2, 0.25) is 0 Å². The third-order valence-electron chi connectivity index (χ3n) is 7.06. The van der Waals surface area contributed by atoms with Crippen LogP contribution < -0.4 is 4.74 Å². The number of amides is 2. The summed E-state index contributed by atoms with van der Waals surface area (Å²) in [5.74, 6) is -0.910. The molecule has 1 aromatic heterocycles. The minimum absolute atomic E-state index is 0.186. The average molecular weight is 632 g/mol. The molecule has 2 fully saturated rings. The largest absolute Gasteiger partial charge is 0.490 e. The van der Waals surface area contributed by atoms with E-state index in [-0.39, 0.29) is 32.0 Å². The van der Waals surface area contributed by atoms with Gasteiger partial charge in [0.05, 0.1) is 13.2 Å². The van der Waals surface area contributed by atoms with Crippen molar-refractivity contribution < 1.29 is 48.3 Å². The topological polar surface area (TPSA) is 165 Å². The number of piperidine rings is 2. The summed E-state index contributed by atoms with van der Waals surface area (Å²) in [7, 11) is 1.26. The number of likely N-dealkylation sites (tertiary alicyclic amines) is 2. The molecule has 45 heavy (non-hydrogen) atoms. The van der Waals surface area contributed by atoms with Crippen LogP contribution in [-0.4, -0.2) is 105 Å². The molecule has 2 aromatic rings.